The summed E-state index contributed by atoms with van der Waals surface area (Å²) < 4.78 is 0. The van der Waals surface area contributed by atoms with Crippen molar-refractivity contribution in [3.63, 3.8) is 0 Å². The third-order valence-corrected chi connectivity index (χ3v) is 3.96. The van der Waals surface area contributed by atoms with Gasteiger partial charge in [-0.1, -0.05) is 12.1 Å². The highest BCUT2D eigenvalue weighted by molar-refractivity contribution is 5.75. The molecular weight excluding hydrogens is 226 g/mol. The van der Waals surface area contributed by atoms with Crippen LogP contribution in [0.1, 0.15) is 24.0 Å². The van der Waals surface area contributed by atoms with Gasteiger partial charge in [0, 0.05) is 31.9 Å². The Morgan fingerprint density at radius 2 is 1.89 bits per heavy atom. The number of nitrogen functional groups attached to an aromatic ring is 1. The predicted octanol–water partition coefficient (Wildman–Crippen LogP) is 1.84. The second kappa shape index (κ2) is 4.52. The molecule has 2 aliphatic rings. The van der Waals surface area contributed by atoms with Crippen LogP contribution in [0.25, 0.3) is 0 Å². The van der Waals surface area contributed by atoms with Gasteiger partial charge in [-0.3, -0.25) is 0 Å². The van der Waals surface area contributed by atoms with E-state index in [0.29, 0.717) is 6.54 Å². The van der Waals surface area contributed by atoms with Gasteiger partial charge in [0.1, 0.15) is 0 Å². The summed E-state index contributed by atoms with van der Waals surface area (Å²) >= 11 is 0. The molecule has 0 bridgehead atoms. The average Bonchev–Trinajstić information content (AvgIpc) is 2.92. The second-order valence-electron chi connectivity index (χ2n) is 5.13. The number of amides is 2. The molecule has 1 aromatic carbocycles. The Morgan fingerprint density at radius 3 is 2.67 bits per heavy atom. The molecule has 2 heterocycles. The van der Waals surface area contributed by atoms with Gasteiger partial charge in [0.15, 0.2) is 0 Å². The Labute approximate surface area is 107 Å². The highest BCUT2D eigenvalue weighted by atomic mass is 16.2. The standard InChI is InChI=1S/C14H19N3O/c15-13-5-3-4-11-6-9-17(10-12(11)13)14(18)16-7-1-2-8-16/h3-5H,1-2,6-10,15H2. The van der Waals surface area contributed by atoms with E-state index in [1.165, 1.54) is 5.56 Å². The van der Waals surface area contributed by atoms with Gasteiger partial charge >= 0.3 is 6.03 Å². The average molecular weight is 245 g/mol. The molecule has 18 heavy (non-hydrogen) atoms. The molecule has 1 aromatic rings. The maximum Gasteiger partial charge on any atom is 0.320 e. The van der Waals surface area contributed by atoms with Crippen molar-refractivity contribution in [3.8, 4) is 0 Å². The fourth-order valence-corrected chi connectivity index (χ4v) is 2.88. The number of nitrogens with zero attached hydrogens (tertiary/aromatic N) is 2. The zero-order valence-electron chi connectivity index (χ0n) is 10.6. The van der Waals surface area contributed by atoms with Crippen LogP contribution in [0.2, 0.25) is 0 Å². The molecule has 4 nitrogen and oxygen atoms in total. The summed E-state index contributed by atoms with van der Waals surface area (Å²) in [6, 6.07) is 6.21. The van der Waals surface area contributed by atoms with Crippen LogP contribution in [0.5, 0.6) is 0 Å². The number of rotatable bonds is 0. The van der Waals surface area contributed by atoms with Gasteiger partial charge in [0.25, 0.3) is 0 Å². The van der Waals surface area contributed by atoms with E-state index in [4.69, 9.17) is 5.73 Å². The topological polar surface area (TPSA) is 49.6 Å². The summed E-state index contributed by atoms with van der Waals surface area (Å²) in [4.78, 5) is 16.2. The number of carbonyl (C=O) groups excluding carboxylic acids is 1. The molecule has 0 aromatic heterocycles. The first-order valence-electron chi connectivity index (χ1n) is 6.66. The summed E-state index contributed by atoms with van der Waals surface area (Å²) in [5.41, 5.74) is 9.24. The van der Waals surface area contributed by atoms with Crippen molar-refractivity contribution in [3.05, 3.63) is 29.3 Å². The lowest BCUT2D eigenvalue weighted by atomic mass is 9.98. The first-order chi connectivity index (χ1) is 8.75. The third-order valence-electron chi connectivity index (χ3n) is 3.96. The number of urea groups is 1. The minimum atomic E-state index is 0.182. The zero-order valence-corrected chi connectivity index (χ0v) is 10.6. The normalized spacial score (nSPS) is 18.9. The van der Waals surface area contributed by atoms with E-state index in [9.17, 15) is 4.79 Å². The predicted molar refractivity (Wildman–Crippen MR) is 71.2 cm³/mol. The SMILES string of the molecule is Nc1cccc2c1CN(C(=O)N1CCCC1)CC2. The summed E-state index contributed by atoms with van der Waals surface area (Å²) in [6.07, 6.45) is 3.19. The molecule has 3 rings (SSSR count). The monoisotopic (exact) mass is 245 g/mol. The van der Waals surface area contributed by atoms with Crippen LogP contribution in [-0.4, -0.2) is 35.5 Å². The minimum Gasteiger partial charge on any atom is -0.398 e. The molecule has 1 fully saturated rings. The Kier molecular flexibility index (Phi) is 2.86. The van der Waals surface area contributed by atoms with Gasteiger partial charge in [-0.2, -0.15) is 0 Å². The number of hydrogen-bond acceptors (Lipinski definition) is 2. The number of hydrogen-bond donors (Lipinski definition) is 1. The van der Waals surface area contributed by atoms with Gasteiger partial charge in [0.05, 0.1) is 0 Å². The Hall–Kier alpha value is -1.71. The van der Waals surface area contributed by atoms with Crippen molar-refractivity contribution in [2.75, 3.05) is 25.4 Å². The molecule has 0 saturated carbocycles. The Morgan fingerprint density at radius 1 is 1.11 bits per heavy atom. The lowest BCUT2D eigenvalue weighted by molar-refractivity contribution is 0.157. The van der Waals surface area contributed by atoms with Gasteiger partial charge in [0.2, 0.25) is 0 Å². The molecule has 96 valence electrons. The number of benzene rings is 1. The van der Waals surface area contributed by atoms with Crippen molar-refractivity contribution in [2.45, 2.75) is 25.8 Å². The maximum atomic E-state index is 12.3. The molecule has 0 atom stereocenters. The third kappa shape index (κ3) is 1.92. The van der Waals surface area contributed by atoms with Crippen molar-refractivity contribution in [1.29, 1.82) is 0 Å². The lowest BCUT2D eigenvalue weighted by Crippen LogP contribution is -2.44. The molecule has 0 radical (unpaired) electrons. The summed E-state index contributed by atoms with van der Waals surface area (Å²) in [5, 5.41) is 0. The van der Waals surface area contributed by atoms with E-state index in [0.717, 1.165) is 50.1 Å². The smallest absolute Gasteiger partial charge is 0.320 e. The van der Waals surface area contributed by atoms with Gasteiger partial charge in [-0.05, 0) is 36.5 Å². The van der Waals surface area contributed by atoms with Gasteiger partial charge < -0.3 is 15.5 Å². The Bertz CT molecular complexity index is 466. The fourth-order valence-electron chi connectivity index (χ4n) is 2.88. The molecule has 1 saturated heterocycles. The van der Waals surface area contributed by atoms with E-state index in [1.807, 2.05) is 21.9 Å². The largest absolute Gasteiger partial charge is 0.398 e. The van der Waals surface area contributed by atoms with Crippen LogP contribution < -0.4 is 5.73 Å². The van der Waals surface area contributed by atoms with Crippen LogP contribution in [0.4, 0.5) is 10.5 Å². The van der Waals surface area contributed by atoms with Crippen molar-refractivity contribution in [2.24, 2.45) is 0 Å². The van der Waals surface area contributed by atoms with Crippen LogP contribution in [0, 0.1) is 0 Å². The molecule has 4 heteroatoms. The molecule has 2 amide bonds. The zero-order chi connectivity index (χ0) is 12.5. The van der Waals surface area contributed by atoms with Crippen molar-refractivity contribution < 1.29 is 4.79 Å². The first-order valence-corrected chi connectivity index (χ1v) is 6.66. The van der Waals surface area contributed by atoms with Crippen LogP contribution in [-0.2, 0) is 13.0 Å². The van der Waals surface area contributed by atoms with E-state index in [2.05, 4.69) is 6.07 Å². The summed E-state index contributed by atoms with van der Waals surface area (Å²) in [6.45, 7) is 3.29. The van der Waals surface area contributed by atoms with Gasteiger partial charge in [-0.25, -0.2) is 4.79 Å². The summed E-state index contributed by atoms with van der Waals surface area (Å²) in [5.74, 6) is 0. The quantitative estimate of drug-likeness (QED) is 0.709. The molecule has 2 N–H and O–H groups in total. The number of carbonyl (C=O) groups is 1. The molecule has 0 unspecified atom stereocenters. The lowest BCUT2D eigenvalue weighted by Gasteiger charge is -2.32. The first kappa shape index (κ1) is 11.4. The molecule has 2 aliphatic heterocycles. The van der Waals surface area contributed by atoms with Crippen molar-refractivity contribution in [1.82, 2.24) is 9.80 Å². The molecular formula is C14H19N3O. The van der Waals surface area contributed by atoms with Gasteiger partial charge in [-0.15, -0.1) is 0 Å². The van der Waals surface area contributed by atoms with E-state index in [-0.39, 0.29) is 6.03 Å². The fraction of sp³-hybridized carbons (Fsp3) is 0.500. The minimum absolute atomic E-state index is 0.182. The number of fused-ring (bicyclic) bond motifs is 1. The van der Waals surface area contributed by atoms with E-state index >= 15 is 0 Å². The highest BCUT2D eigenvalue weighted by Gasteiger charge is 2.27. The number of nitrogens with two attached hydrogens (primary N) is 1. The van der Waals surface area contributed by atoms with Crippen molar-refractivity contribution >= 4 is 11.7 Å². The number of likely N-dealkylation sites (tertiary alicyclic amines) is 1. The van der Waals surface area contributed by atoms with Crippen LogP contribution in [0.15, 0.2) is 18.2 Å². The second-order valence-corrected chi connectivity index (χ2v) is 5.13. The van der Waals surface area contributed by atoms with E-state index < -0.39 is 0 Å². The maximum absolute atomic E-state index is 12.3. The van der Waals surface area contributed by atoms with E-state index in [1.54, 1.807) is 0 Å². The highest BCUT2D eigenvalue weighted by Crippen LogP contribution is 2.25. The van der Waals surface area contributed by atoms with Crippen LogP contribution in [0.3, 0.4) is 0 Å². The van der Waals surface area contributed by atoms with Crippen LogP contribution >= 0.6 is 0 Å². The number of anilines is 1. The Balaban J connectivity index is 1.78. The summed E-state index contributed by atoms with van der Waals surface area (Å²) in [7, 11) is 0. The molecule has 0 spiro atoms. The molecule has 0 aliphatic carbocycles.